The summed E-state index contributed by atoms with van der Waals surface area (Å²) in [5.41, 5.74) is 0.0469. The molecule has 1 aliphatic rings. The molecule has 0 saturated carbocycles. The molecule has 3 rings (SSSR count). The number of halogens is 1. The van der Waals surface area contributed by atoms with Crippen molar-refractivity contribution >= 4 is 23.0 Å². The lowest BCUT2D eigenvalue weighted by atomic mass is 10.2. The predicted octanol–water partition coefficient (Wildman–Crippen LogP) is 2.37. The molecule has 29 heavy (non-hydrogen) atoms. The summed E-state index contributed by atoms with van der Waals surface area (Å²) in [6.07, 6.45) is 0. The summed E-state index contributed by atoms with van der Waals surface area (Å²) in [6, 6.07) is 9.14. The molecular formula is C18H17FN4O6. The van der Waals surface area contributed by atoms with Crippen LogP contribution in [0.5, 0.6) is 5.75 Å². The Labute approximate surface area is 164 Å². The van der Waals surface area contributed by atoms with Crippen molar-refractivity contribution in [2.24, 2.45) is 0 Å². The summed E-state index contributed by atoms with van der Waals surface area (Å²) in [4.78, 5) is 36.7. The number of anilines is 1. The minimum atomic E-state index is -0.717. The number of hydrogen-bond donors (Lipinski definition) is 0. The second-order valence-electron chi connectivity index (χ2n) is 6.27. The molecule has 0 spiro atoms. The molecule has 0 atom stereocenters. The number of benzene rings is 2. The molecule has 0 aromatic heterocycles. The van der Waals surface area contributed by atoms with E-state index in [4.69, 9.17) is 4.74 Å². The van der Waals surface area contributed by atoms with E-state index in [0.29, 0.717) is 31.9 Å². The number of nitro benzene ring substituents is 2. The van der Waals surface area contributed by atoms with Crippen LogP contribution in [0.4, 0.5) is 21.5 Å². The van der Waals surface area contributed by atoms with Gasteiger partial charge in [0.2, 0.25) is 5.75 Å². The van der Waals surface area contributed by atoms with Crippen molar-refractivity contribution < 1.29 is 23.8 Å². The van der Waals surface area contributed by atoms with Crippen LogP contribution in [0.15, 0.2) is 42.5 Å². The number of hydrogen-bond acceptors (Lipinski definition) is 7. The van der Waals surface area contributed by atoms with E-state index in [2.05, 4.69) is 0 Å². The Morgan fingerprint density at radius 3 is 2.31 bits per heavy atom. The smallest absolute Gasteiger partial charge is 0.311 e. The van der Waals surface area contributed by atoms with Crippen molar-refractivity contribution in [2.45, 2.75) is 0 Å². The first-order valence-corrected chi connectivity index (χ1v) is 8.69. The molecule has 0 aliphatic carbocycles. The third kappa shape index (κ3) is 4.57. The molecule has 1 amide bonds. The SMILES string of the molecule is O=C(COc1cc(F)ccc1[N+](=O)[O-])N1CCN(c2ccccc2[N+](=O)[O-])CC1. The maximum Gasteiger partial charge on any atom is 0.311 e. The molecular weight excluding hydrogens is 387 g/mol. The number of nitrogens with zero attached hydrogens (tertiary/aromatic N) is 4. The summed E-state index contributed by atoms with van der Waals surface area (Å²) >= 11 is 0. The maximum absolute atomic E-state index is 13.3. The van der Waals surface area contributed by atoms with Crippen LogP contribution in [0, 0.1) is 26.0 Å². The maximum atomic E-state index is 13.3. The minimum Gasteiger partial charge on any atom is -0.477 e. The van der Waals surface area contributed by atoms with Crippen molar-refractivity contribution in [1.29, 1.82) is 0 Å². The van der Waals surface area contributed by atoms with Gasteiger partial charge in [0, 0.05) is 44.4 Å². The van der Waals surface area contributed by atoms with Crippen LogP contribution in [0.3, 0.4) is 0 Å². The van der Waals surface area contributed by atoms with Crippen LogP contribution >= 0.6 is 0 Å². The Balaban J connectivity index is 1.60. The molecule has 2 aromatic carbocycles. The normalized spacial score (nSPS) is 13.8. The molecule has 1 aliphatic heterocycles. The lowest BCUT2D eigenvalue weighted by Gasteiger charge is -2.35. The Hall–Kier alpha value is -3.76. The zero-order valence-electron chi connectivity index (χ0n) is 15.2. The van der Waals surface area contributed by atoms with Crippen LogP contribution in [0.1, 0.15) is 0 Å². The highest BCUT2D eigenvalue weighted by atomic mass is 19.1. The lowest BCUT2D eigenvalue weighted by molar-refractivity contribution is -0.385. The van der Waals surface area contributed by atoms with Crippen molar-refractivity contribution in [3.8, 4) is 5.75 Å². The van der Waals surface area contributed by atoms with Gasteiger partial charge in [-0.05, 0) is 12.1 Å². The molecule has 152 valence electrons. The van der Waals surface area contributed by atoms with E-state index >= 15 is 0 Å². The van der Waals surface area contributed by atoms with Gasteiger partial charge >= 0.3 is 5.69 Å². The first-order chi connectivity index (χ1) is 13.9. The van der Waals surface area contributed by atoms with Gasteiger partial charge in [-0.1, -0.05) is 12.1 Å². The van der Waals surface area contributed by atoms with Gasteiger partial charge in [0.25, 0.3) is 11.6 Å². The number of carbonyl (C=O) groups excluding carboxylic acids is 1. The quantitative estimate of drug-likeness (QED) is 0.535. The fourth-order valence-corrected chi connectivity index (χ4v) is 3.07. The van der Waals surface area contributed by atoms with Gasteiger partial charge in [-0.15, -0.1) is 0 Å². The number of para-hydroxylation sites is 2. The van der Waals surface area contributed by atoms with Crippen molar-refractivity contribution in [2.75, 3.05) is 37.7 Å². The molecule has 0 unspecified atom stereocenters. The summed E-state index contributed by atoms with van der Waals surface area (Å²) < 4.78 is 18.5. The van der Waals surface area contributed by atoms with Crippen molar-refractivity contribution in [3.05, 3.63) is 68.5 Å². The van der Waals surface area contributed by atoms with Gasteiger partial charge in [-0.25, -0.2) is 4.39 Å². The predicted molar refractivity (Wildman–Crippen MR) is 100 cm³/mol. The van der Waals surface area contributed by atoms with Gasteiger partial charge < -0.3 is 14.5 Å². The summed E-state index contributed by atoms with van der Waals surface area (Å²) in [5.74, 6) is -1.44. The highest BCUT2D eigenvalue weighted by molar-refractivity contribution is 5.78. The molecule has 1 fully saturated rings. The number of nitro groups is 2. The van der Waals surface area contributed by atoms with E-state index in [1.807, 2.05) is 4.90 Å². The minimum absolute atomic E-state index is 0.00553. The zero-order valence-corrected chi connectivity index (χ0v) is 15.2. The van der Waals surface area contributed by atoms with Gasteiger partial charge in [-0.2, -0.15) is 0 Å². The second-order valence-corrected chi connectivity index (χ2v) is 6.27. The van der Waals surface area contributed by atoms with Crippen LogP contribution < -0.4 is 9.64 Å². The molecule has 10 nitrogen and oxygen atoms in total. The lowest BCUT2D eigenvalue weighted by Crippen LogP contribution is -2.50. The first kappa shape index (κ1) is 20.0. The molecule has 0 radical (unpaired) electrons. The van der Waals surface area contributed by atoms with Crippen LogP contribution in [-0.2, 0) is 4.79 Å². The van der Waals surface area contributed by atoms with E-state index < -0.39 is 33.9 Å². The molecule has 0 N–H and O–H groups in total. The molecule has 2 aromatic rings. The van der Waals surface area contributed by atoms with Crippen molar-refractivity contribution in [3.63, 3.8) is 0 Å². The average Bonchev–Trinajstić information content (AvgIpc) is 2.72. The van der Waals surface area contributed by atoms with E-state index in [1.165, 1.54) is 11.0 Å². The van der Waals surface area contributed by atoms with E-state index in [-0.39, 0.29) is 11.4 Å². The third-order valence-corrected chi connectivity index (χ3v) is 4.52. The standard InChI is InChI=1S/C18H17FN4O6/c19-13-5-6-16(23(27)28)17(11-13)29-12-18(24)21-9-7-20(8-10-21)14-3-1-2-4-15(14)22(25)26/h1-6,11H,7-10,12H2. The Bertz CT molecular complexity index is 946. The van der Waals surface area contributed by atoms with Gasteiger partial charge in [0.05, 0.1) is 9.85 Å². The number of amides is 1. The van der Waals surface area contributed by atoms with Crippen LogP contribution in [-0.4, -0.2) is 53.4 Å². The van der Waals surface area contributed by atoms with E-state index in [9.17, 15) is 29.4 Å². The number of carbonyl (C=O) groups is 1. The highest BCUT2D eigenvalue weighted by Gasteiger charge is 2.26. The topological polar surface area (TPSA) is 119 Å². The first-order valence-electron chi connectivity index (χ1n) is 8.69. The van der Waals surface area contributed by atoms with E-state index in [1.54, 1.807) is 18.2 Å². The van der Waals surface area contributed by atoms with Crippen molar-refractivity contribution in [1.82, 2.24) is 4.90 Å². The Morgan fingerprint density at radius 2 is 1.66 bits per heavy atom. The fourth-order valence-electron chi connectivity index (χ4n) is 3.07. The average molecular weight is 404 g/mol. The molecule has 0 bridgehead atoms. The monoisotopic (exact) mass is 404 g/mol. The summed E-state index contributed by atoms with van der Waals surface area (Å²) in [7, 11) is 0. The molecule has 11 heteroatoms. The number of rotatable bonds is 6. The van der Waals surface area contributed by atoms with Gasteiger partial charge in [-0.3, -0.25) is 25.0 Å². The van der Waals surface area contributed by atoms with Gasteiger partial charge in [0.15, 0.2) is 6.61 Å². The van der Waals surface area contributed by atoms with Crippen LogP contribution in [0.2, 0.25) is 0 Å². The Kier molecular flexibility index (Phi) is 5.86. The van der Waals surface area contributed by atoms with Gasteiger partial charge in [0.1, 0.15) is 11.5 Å². The van der Waals surface area contributed by atoms with E-state index in [0.717, 1.165) is 18.2 Å². The number of piperazine rings is 1. The summed E-state index contributed by atoms with van der Waals surface area (Å²) in [6.45, 7) is 0.905. The largest absolute Gasteiger partial charge is 0.477 e. The van der Waals surface area contributed by atoms with Crippen LogP contribution in [0.25, 0.3) is 0 Å². The second kappa shape index (κ2) is 8.50. The molecule has 1 heterocycles. The Morgan fingerprint density at radius 1 is 1.00 bits per heavy atom. The fraction of sp³-hybridized carbons (Fsp3) is 0.278. The summed E-state index contributed by atoms with van der Waals surface area (Å²) in [5, 5.41) is 22.2. The molecule has 1 saturated heterocycles. The zero-order chi connectivity index (χ0) is 21.0. The third-order valence-electron chi connectivity index (χ3n) is 4.52. The highest BCUT2D eigenvalue weighted by Crippen LogP contribution is 2.29. The number of ether oxygens (including phenoxy) is 1.